The quantitative estimate of drug-likeness (QED) is 0.552. The van der Waals surface area contributed by atoms with E-state index in [0.29, 0.717) is 11.4 Å². The number of aromatic nitrogens is 2. The van der Waals surface area contributed by atoms with Crippen LogP contribution in [0.3, 0.4) is 0 Å². The van der Waals surface area contributed by atoms with Crippen LogP contribution in [0.5, 0.6) is 0 Å². The van der Waals surface area contributed by atoms with E-state index in [1.165, 1.54) is 0 Å². The average Bonchev–Trinajstić information content (AvgIpc) is 2.50. The fourth-order valence-electron chi connectivity index (χ4n) is 0.927. The summed E-state index contributed by atoms with van der Waals surface area (Å²) in [4.78, 5) is 11.4. The zero-order valence-corrected chi connectivity index (χ0v) is 9.30. The maximum atomic E-state index is 11.4. The second kappa shape index (κ2) is 4.47. The standard InChI is InChI=1S/C8H15N3O2S/c1-5(12)6-4-7(10-9-6)8(13)11-14(2)3/h4-5,12,14H,1-3H3,(H,9,10)(H,11,13). The normalized spacial score (nSPS) is 13.6. The molecule has 1 unspecified atom stereocenters. The lowest BCUT2D eigenvalue weighted by molar-refractivity contribution is 0.0979. The summed E-state index contributed by atoms with van der Waals surface area (Å²) in [7, 11) is 0. The van der Waals surface area contributed by atoms with Gasteiger partial charge in [-0.15, -0.1) is 0 Å². The van der Waals surface area contributed by atoms with E-state index in [9.17, 15) is 9.90 Å². The third-order valence-corrected chi connectivity index (χ3v) is 2.26. The Bertz CT molecular complexity index is 322. The molecule has 0 aromatic carbocycles. The second-order valence-electron chi connectivity index (χ2n) is 3.22. The summed E-state index contributed by atoms with van der Waals surface area (Å²) in [6, 6.07) is 1.55. The minimum Gasteiger partial charge on any atom is -0.387 e. The summed E-state index contributed by atoms with van der Waals surface area (Å²) in [5.74, 6) is -0.204. The van der Waals surface area contributed by atoms with Gasteiger partial charge in [0, 0.05) is 0 Å². The third kappa shape index (κ3) is 2.74. The van der Waals surface area contributed by atoms with Gasteiger partial charge in [-0.3, -0.25) is 9.89 Å². The molecule has 3 N–H and O–H groups in total. The zero-order valence-electron chi connectivity index (χ0n) is 8.40. The molecule has 1 heterocycles. The van der Waals surface area contributed by atoms with Crippen LogP contribution in [-0.2, 0) is 0 Å². The summed E-state index contributed by atoms with van der Waals surface area (Å²) in [6.07, 6.45) is 3.25. The number of thiol groups is 1. The first kappa shape index (κ1) is 11.1. The van der Waals surface area contributed by atoms with E-state index in [2.05, 4.69) is 14.9 Å². The highest BCUT2D eigenvalue weighted by atomic mass is 32.2. The Labute approximate surface area is 85.4 Å². The van der Waals surface area contributed by atoms with Crippen LogP contribution in [0.4, 0.5) is 0 Å². The van der Waals surface area contributed by atoms with Gasteiger partial charge in [-0.05, 0) is 25.5 Å². The minimum absolute atomic E-state index is 0.204. The topological polar surface area (TPSA) is 78.0 Å². The van der Waals surface area contributed by atoms with Crippen molar-refractivity contribution in [2.24, 2.45) is 0 Å². The number of amides is 1. The second-order valence-corrected chi connectivity index (χ2v) is 5.23. The third-order valence-electron chi connectivity index (χ3n) is 1.61. The van der Waals surface area contributed by atoms with Gasteiger partial charge in [0.2, 0.25) is 0 Å². The molecule has 0 spiro atoms. The van der Waals surface area contributed by atoms with Crippen LogP contribution in [0.25, 0.3) is 0 Å². The van der Waals surface area contributed by atoms with Crippen molar-refractivity contribution in [1.82, 2.24) is 14.9 Å². The predicted octanol–water partition coefficient (Wildman–Crippen LogP) is 0.369. The Morgan fingerprint density at radius 2 is 2.36 bits per heavy atom. The Morgan fingerprint density at radius 3 is 2.79 bits per heavy atom. The van der Waals surface area contributed by atoms with Gasteiger partial charge < -0.3 is 9.83 Å². The molecule has 5 nitrogen and oxygen atoms in total. The molecule has 0 bridgehead atoms. The first-order valence-corrected chi connectivity index (χ1v) is 6.46. The molecule has 1 atom stereocenters. The van der Waals surface area contributed by atoms with Crippen LogP contribution in [0.1, 0.15) is 29.2 Å². The smallest absolute Gasteiger partial charge is 0.280 e. The molecule has 0 fully saturated rings. The molecule has 0 saturated carbocycles. The molecular formula is C8H15N3O2S. The molecule has 0 saturated heterocycles. The molecular weight excluding hydrogens is 202 g/mol. The minimum atomic E-state index is -0.631. The van der Waals surface area contributed by atoms with Gasteiger partial charge in [0.15, 0.2) is 5.69 Å². The van der Waals surface area contributed by atoms with Gasteiger partial charge in [-0.1, -0.05) is 0 Å². The Morgan fingerprint density at radius 1 is 1.71 bits per heavy atom. The average molecular weight is 217 g/mol. The maximum Gasteiger partial charge on any atom is 0.280 e. The van der Waals surface area contributed by atoms with Gasteiger partial charge in [-0.25, -0.2) is 0 Å². The number of hydrogen-bond acceptors (Lipinski definition) is 3. The Kier molecular flexibility index (Phi) is 3.54. The number of nitrogens with one attached hydrogen (secondary N) is 2. The van der Waals surface area contributed by atoms with E-state index in [0.717, 1.165) is 0 Å². The van der Waals surface area contributed by atoms with Crippen LogP contribution < -0.4 is 4.72 Å². The largest absolute Gasteiger partial charge is 0.387 e. The van der Waals surface area contributed by atoms with E-state index >= 15 is 0 Å². The van der Waals surface area contributed by atoms with E-state index in [1.54, 1.807) is 13.0 Å². The van der Waals surface area contributed by atoms with Crippen molar-refractivity contribution in [1.29, 1.82) is 0 Å². The first-order chi connectivity index (χ1) is 6.50. The van der Waals surface area contributed by atoms with Gasteiger partial charge in [0.25, 0.3) is 5.91 Å². The number of nitrogens with zero attached hydrogens (tertiary/aromatic N) is 1. The van der Waals surface area contributed by atoms with Crippen LogP contribution in [0, 0.1) is 0 Å². The monoisotopic (exact) mass is 217 g/mol. The number of H-pyrrole nitrogens is 1. The van der Waals surface area contributed by atoms with Gasteiger partial charge in [0.05, 0.1) is 11.8 Å². The van der Waals surface area contributed by atoms with E-state index in [-0.39, 0.29) is 5.91 Å². The summed E-state index contributed by atoms with van der Waals surface area (Å²) < 4.78 is 2.77. The van der Waals surface area contributed by atoms with Crippen molar-refractivity contribution in [2.75, 3.05) is 12.5 Å². The van der Waals surface area contributed by atoms with Crippen molar-refractivity contribution in [3.05, 3.63) is 17.5 Å². The SMILES string of the molecule is CC(O)c1cc(C(=O)N[SH](C)C)n[nH]1. The van der Waals surface area contributed by atoms with Gasteiger partial charge >= 0.3 is 0 Å². The number of hydrogen-bond donors (Lipinski definition) is 4. The maximum absolute atomic E-state index is 11.4. The summed E-state index contributed by atoms with van der Waals surface area (Å²) in [6.45, 7) is 1.61. The summed E-state index contributed by atoms with van der Waals surface area (Å²) in [5, 5.41) is 15.6. The van der Waals surface area contributed by atoms with Gasteiger partial charge in [0.1, 0.15) is 0 Å². The number of rotatable bonds is 3. The molecule has 0 aliphatic carbocycles. The zero-order chi connectivity index (χ0) is 10.7. The van der Waals surface area contributed by atoms with E-state index in [4.69, 9.17) is 0 Å². The molecule has 80 valence electrons. The fraction of sp³-hybridized carbons (Fsp3) is 0.500. The fourth-order valence-corrected chi connectivity index (χ4v) is 1.45. The number of aliphatic hydroxyl groups is 1. The van der Waals surface area contributed by atoms with E-state index in [1.807, 2.05) is 12.5 Å². The van der Waals surface area contributed by atoms with Crippen molar-refractivity contribution >= 4 is 17.0 Å². The molecule has 1 aromatic rings. The molecule has 1 amide bonds. The molecule has 6 heteroatoms. The molecule has 0 radical (unpaired) electrons. The molecule has 0 aliphatic rings. The molecule has 14 heavy (non-hydrogen) atoms. The Balaban J connectivity index is 2.71. The van der Waals surface area contributed by atoms with Crippen LogP contribution in [-0.4, -0.2) is 33.7 Å². The van der Waals surface area contributed by atoms with E-state index < -0.39 is 17.2 Å². The highest BCUT2D eigenvalue weighted by Crippen LogP contribution is 2.12. The summed E-state index contributed by atoms with van der Waals surface area (Å²) in [5.41, 5.74) is 0.865. The van der Waals surface area contributed by atoms with Crippen molar-refractivity contribution in [2.45, 2.75) is 13.0 Å². The molecule has 1 aromatic heterocycles. The van der Waals surface area contributed by atoms with Crippen molar-refractivity contribution < 1.29 is 9.90 Å². The number of aromatic amines is 1. The highest BCUT2D eigenvalue weighted by molar-refractivity contribution is 8.14. The lowest BCUT2D eigenvalue weighted by Gasteiger charge is -2.09. The summed E-state index contributed by atoms with van der Waals surface area (Å²) >= 11 is -0.485. The van der Waals surface area contributed by atoms with Crippen molar-refractivity contribution in [3.8, 4) is 0 Å². The number of carbonyl (C=O) groups excluding carboxylic acids is 1. The van der Waals surface area contributed by atoms with Crippen molar-refractivity contribution in [3.63, 3.8) is 0 Å². The Hall–Kier alpha value is -1.01. The number of aliphatic hydroxyl groups excluding tert-OH is 1. The van der Waals surface area contributed by atoms with Gasteiger partial charge in [-0.2, -0.15) is 16.2 Å². The van der Waals surface area contributed by atoms with Crippen LogP contribution >= 0.6 is 11.1 Å². The first-order valence-electron chi connectivity index (χ1n) is 4.22. The predicted molar refractivity (Wildman–Crippen MR) is 57.5 cm³/mol. The lowest BCUT2D eigenvalue weighted by atomic mass is 10.2. The van der Waals surface area contributed by atoms with Crippen LogP contribution in [0.2, 0.25) is 0 Å². The molecule has 1 rings (SSSR count). The lowest BCUT2D eigenvalue weighted by Crippen LogP contribution is -2.19. The number of carbonyl (C=O) groups is 1. The molecule has 0 aliphatic heterocycles. The highest BCUT2D eigenvalue weighted by Gasteiger charge is 2.12. The van der Waals surface area contributed by atoms with Crippen LogP contribution in [0.15, 0.2) is 6.07 Å².